The van der Waals surface area contributed by atoms with Gasteiger partial charge in [-0.1, -0.05) is 24.3 Å². The lowest BCUT2D eigenvalue weighted by molar-refractivity contribution is -0.949. The van der Waals surface area contributed by atoms with Crippen LogP contribution in [0.3, 0.4) is 0 Å². The maximum atomic E-state index is 14.5. The van der Waals surface area contributed by atoms with Crippen LogP contribution in [-0.2, 0) is 41.4 Å². The summed E-state index contributed by atoms with van der Waals surface area (Å²) < 4.78 is 22.3. The number of ether oxygens (including phenoxy) is 3. The van der Waals surface area contributed by atoms with E-state index in [1.54, 1.807) is 29.7 Å². The molecule has 3 aromatic rings. The first-order valence-corrected chi connectivity index (χ1v) is 20.7. The highest BCUT2D eigenvalue weighted by Gasteiger charge is 2.53. The number of oxazole rings is 1. The van der Waals surface area contributed by atoms with Crippen LogP contribution >= 0.6 is 0 Å². The van der Waals surface area contributed by atoms with Crippen LogP contribution in [0.5, 0.6) is 0 Å². The van der Waals surface area contributed by atoms with E-state index in [9.17, 15) is 28.8 Å². The number of likely N-dealkylation sites (tertiary alicyclic amines) is 3. The second kappa shape index (κ2) is 17.6. The minimum absolute atomic E-state index is 0.0351. The quantitative estimate of drug-likeness (QED) is 0.204. The number of aryl methyl sites for hydroxylation is 1. The van der Waals surface area contributed by atoms with Crippen LogP contribution in [0.2, 0.25) is 0 Å². The van der Waals surface area contributed by atoms with Crippen LogP contribution < -0.4 is 16.0 Å². The first-order valence-electron chi connectivity index (χ1n) is 20.7. The van der Waals surface area contributed by atoms with Crippen LogP contribution in [0, 0.1) is 12.8 Å². The van der Waals surface area contributed by atoms with Gasteiger partial charge in [-0.25, -0.2) is 19.2 Å². The number of para-hydroxylation sites is 1. The molecule has 5 heterocycles. The summed E-state index contributed by atoms with van der Waals surface area (Å²) in [6.45, 7) is 8.89. The van der Waals surface area contributed by atoms with Gasteiger partial charge in [0, 0.05) is 76.6 Å². The van der Waals surface area contributed by atoms with Gasteiger partial charge in [0.15, 0.2) is 17.2 Å². The number of rotatable bonds is 10. The average Bonchev–Trinajstić information content (AvgIpc) is 3.53. The maximum Gasteiger partial charge on any atom is 0.417 e. The fraction of sp³-hybridized carbons (Fsp3) is 0.571. The molecule has 3 fully saturated rings. The topological polar surface area (TPSA) is 185 Å². The summed E-state index contributed by atoms with van der Waals surface area (Å²) in [6.07, 6.45) is 1.93. The zero-order chi connectivity index (χ0) is 41.0. The Balaban J connectivity index is 1.04. The Bertz CT molecular complexity index is 2060. The Labute approximate surface area is 337 Å². The van der Waals surface area contributed by atoms with Crippen molar-refractivity contribution in [2.24, 2.45) is 5.92 Å². The van der Waals surface area contributed by atoms with E-state index in [1.807, 2.05) is 42.2 Å². The molecule has 312 valence electrons. The number of anilines is 1. The summed E-state index contributed by atoms with van der Waals surface area (Å²) >= 11 is 0. The second-order valence-electron chi connectivity index (χ2n) is 15.9. The zero-order valence-electron chi connectivity index (χ0n) is 33.6. The number of quaternary nitrogens is 1. The van der Waals surface area contributed by atoms with Crippen LogP contribution in [0.15, 0.2) is 45.6 Å². The Hall–Kier alpha value is -5.38. The van der Waals surface area contributed by atoms with Gasteiger partial charge in [-0.2, -0.15) is 0 Å². The monoisotopic (exact) mass is 803 g/mol. The average molecular weight is 804 g/mol. The van der Waals surface area contributed by atoms with Crippen molar-refractivity contribution in [1.29, 1.82) is 0 Å². The van der Waals surface area contributed by atoms with Crippen LogP contribution in [0.1, 0.15) is 69.1 Å². The normalized spacial score (nSPS) is 21.7. The molecule has 1 atom stereocenters. The van der Waals surface area contributed by atoms with Crippen molar-refractivity contribution < 1.29 is 47.5 Å². The van der Waals surface area contributed by atoms with Gasteiger partial charge in [-0.3, -0.25) is 14.6 Å². The number of carbonyl (C=O) groups is 5. The number of nitrogens with one attached hydrogen (secondary N) is 3. The molecule has 16 heteroatoms. The number of hydrogen-bond acceptors (Lipinski definition) is 10. The number of carbonyl (C=O) groups excluding carboxylic acids is 5. The van der Waals surface area contributed by atoms with Gasteiger partial charge < -0.3 is 43.5 Å². The second-order valence-corrected chi connectivity index (χ2v) is 15.9. The third kappa shape index (κ3) is 8.57. The molecule has 4 aliphatic heterocycles. The number of piperidine rings is 3. The highest BCUT2D eigenvalue weighted by molar-refractivity contribution is 5.91. The van der Waals surface area contributed by atoms with Crippen molar-refractivity contribution in [3.8, 4) is 0 Å². The molecule has 0 radical (unpaired) electrons. The maximum absolute atomic E-state index is 14.5. The number of hydrogen-bond donors (Lipinski definition) is 3. The van der Waals surface area contributed by atoms with Gasteiger partial charge >= 0.3 is 29.8 Å². The molecule has 4 aliphatic rings. The van der Waals surface area contributed by atoms with Crippen LogP contribution in [0.25, 0.3) is 11.1 Å². The van der Waals surface area contributed by atoms with Crippen molar-refractivity contribution in [2.45, 2.75) is 89.8 Å². The van der Waals surface area contributed by atoms with E-state index in [4.69, 9.17) is 18.6 Å². The number of urea groups is 1. The molecule has 3 saturated heterocycles. The molecule has 0 saturated carbocycles. The predicted octanol–water partition coefficient (Wildman–Crippen LogP) is 2.81. The predicted molar refractivity (Wildman–Crippen MR) is 211 cm³/mol. The number of aromatic amines is 1. The van der Waals surface area contributed by atoms with Crippen molar-refractivity contribution >= 4 is 46.8 Å². The van der Waals surface area contributed by atoms with Crippen LogP contribution in [0.4, 0.5) is 15.3 Å². The lowest BCUT2D eigenvalue weighted by atomic mass is 9.82. The highest BCUT2D eigenvalue weighted by Crippen LogP contribution is 2.28. The molecule has 2 aromatic carbocycles. The lowest BCUT2D eigenvalue weighted by Crippen LogP contribution is -3.22. The third-order valence-electron chi connectivity index (χ3n) is 12.5. The number of esters is 2. The SMILES string of the molecule is CCOC(=O)C1CC[NH+](C2(C(=O)OCC)CCN(C(=O)[C@@H](Cc3cc(C)c4[nH]c(=O)oc4c3)OC(=O)N3CCC(N4CCc5ccccc5NC4=O)CC3)CC2)CC1. The third-order valence-corrected chi connectivity index (χ3v) is 12.5. The summed E-state index contributed by atoms with van der Waals surface area (Å²) in [5.41, 5.74) is 3.30. The summed E-state index contributed by atoms with van der Waals surface area (Å²) in [7, 11) is 0. The fourth-order valence-electron chi connectivity index (χ4n) is 9.33. The summed E-state index contributed by atoms with van der Waals surface area (Å²) in [5.74, 6) is -1.70. The standard InChI is InChI=1S/C42H54N6O10/c1-4-55-37(50)30-10-19-47(20-11-30)42(38(51)56-5-2)15-22-45(23-16-42)36(49)34(26-28-24-27(3)35-33(25-28)57-40(53)44-35)58-41(54)46-17-13-31(14-18-46)48-21-12-29-8-6-7-9-32(29)43-39(48)52/h6-9,24-25,30-31,34H,4-5,10-23,26H2,1-3H3,(H,43,52)(H,44,53)/p+1/t34-/m1/s1. The van der Waals surface area contributed by atoms with E-state index in [1.165, 1.54) is 0 Å². The van der Waals surface area contributed by atoms with E-state index >= 15 is 0 Å². The van der Waals surface area contributed by atoms with Gasteiger partial charge in [0.1, 0.15) is 0 Å². The number of nitrogens with zero attached hydrogens (tertiary/aromatic N) is 3. The molecular formula is C42H55N6O10+. The van der Waals surface area contributed by atoms with Crippen molar-refractivity contribution in [1.82, 2.24) is 19.7 Å². The Morgan fingerprint density at radius 2 is 1.62 bits per heavy atom. The number of benzene rings is 2. The zero-order valence-corrected chi connectivity index (χ0v) is 33.6. The smallest absolute Gasteiger partial charge is 0.417 e. The highest BCUT2D eigenvalue weighted by atomic mass is 16.6. The first kappa shape index (κ1) is 40.8. The molecule has 0 aliphatic carbocycles. The molecule has 4 amide bonds. The molecule has 0 unspecified atom stereocenters. The lowest BCUT2D eigenvalue weighted by Gasteiger charge is -2.46. The van der Waals surface area contributed by atoms with E-state index in [-0.39, 0.29) is 62.0 Å². The van der Waals surface area contributed by atoms with Crippen molar-refractivity contribution in [3.05, 3.63) is 63.6 Å². The Kier molecular flexibility index (Phi) is 12.4. The molecule has 7 rings (SSSR count). The van der Waals surface area contributed by atoms with Gasteiger partial charge in [0.25, 0.3) is 5.91 Å². The number of fused-ring (bicyclic) bond motifs is 2. The largest absolute Gasteiger partial charge is 0.466 e. The minimum Gasteiger partial charge on any atom is -0.466 e. The minimum atomic E-state index is -1.20. The van der Waals surface area contributed by atoms with Gasteiger partial charge in [0.05, 0.1) is 37.7 Å². The molecule has 16 nitrogen and oxygen atoms in total. The molecular weight excluding hydrogens is 748 g/mol. The van der Waals surface area contributed by atoms with Crippen molar-refractivity contribution in [3.63, 3.8) is 0 Å². The Morgan fingerprint density at radius 3 is 2.33 bits per heavy atom. The molecule has 58 heavy (non-hydrogen) atoms. The van der Waals surface area contributed by atoms with Gasteiger partial charge in [-0.05, 0) is 68.9 Å². The summed E-state index contributed by atoms with van der Waals surface area (Å²) in [4.78, 5) is 88.6. The molecule has 0 bridgehead atoms. The van der Waals surface area contributed by atoms with Gasteiger partial charge in [0.2, 0.25) is 0 Å². The van der Waals surface area contributed by atoms with Crippen molar-refractivity contribution in [2.75, 3.05) is 64.3 Å². The van der Waals surface area contributed by atoms with E-state index in [0.717, 1.165) is 28.1 Å². The van der Waals surface area contributed by atoms with E-state index < -0.39 is 23.5 Å². The van der Waals surface area contributed by atoms with Gasteiger partial charge in [-0.15, -0.1) is 0 Å². The summed E-state index contributed by atoms with van der Waals surface area (Å²) in [5, 5.41) is 3.03. The summed E-state index contributed by atoms with van der Waals surface area (Å²) in [6, 6.07) is 11.1. The fourth-order valence-corrected chi connectivity index (χ4v) is 9.33. The molecule has 0 spiro atoms. The molecule has 3 N–H and O–H groups in total. The number of amides is 4. The molecule has 1 aromatic heterocycles. The van der Waals surface area contributed by atoms with E-state index in [0.29, 0.717) is 94.5 Å². The first-order chi connectivity index (χ1) is 28.0. The number of H-pyrrole nitrogens is 1. The van der Waals surface area contributed by atoms with Crippen LogP contribution in [-0.4, -0.2) is 126 Å². The van der Waals surface area contributed by atoms with E-state index in [2.05, 4.69) is 10.3 Å². The Morgan fingerprint density at radius 1 is 0.914 bits per heavy atom. The number of aromatic nitrogens is 1.